The van der Waals surface area contributed by atoms with Crippen molar-refractivity contribution in [2.24, 2.45) is 0 Å². The van der Waals surface area contributed by atoms with E-state index < -0.39 is 12.1 Å². The van der Waals surface area contributed by atoms with Crippen LogP contribution in [0.3, 0.4) is 0 Å². The number of amides is 1. The number of hydrogen-bond acceptors (Lipinski definition) is 8. The SMILES string of the molecule is O=C(O)c1ccc(CCN2C(=O)SCCN2CC[C@@H](O)Cc2cccc(C#Cc3nccs3)c2)s1. The maximum atomic E-state index is 12.5. The fourth-order valence-electron chi connectivity index (χ4n) is 3.72. The molecule has 1 aliphatic heterocycles. The average molecular weight is 528 g/mol. The van der Waals surface area contributed by atoms with Crippen molar-refractivity contribution in [3.63, 3.8) is 0 Å². The topological polar surface area (TPSA) is 94.0 Å². The summed E-state index contributed by atoms with van der Waals surface area (Å²) in [4.78, 5) is 29.0. The Hall–Kier alpha value is -2.68. The molecule has 1 amide bonds. The van der Waals surface area contributed by atoms with Crippen molar-refractivity contribution >= 4 is 45.6 Å². The van der Waals surface area contributed by atoms with E-state index >= 15 is 0 Å². The molecule has 0 radical (unpaired) electrons. The Morgan fingerprint density at radius 1 is 1.20 bits per heavy atom. The number of aliphatic hydroxyl groups excluding tert-OH is 1. The molecule has 1 aliphatic rings. The van der Waals surface area contributed by atoms with Crippen LogP contribution in [0.1, 0.15) is 37.1 Å². The highest BCUT2D eigenvalue weighted by atomic mass is 32.2. The summed E-state index contributed by atoms with van der Waals surface area (Å²) in [6.45, 7) is 1.79. The lowest BCUT2D eigenvalue weighted by atomic mass is 10.0. The van der Waals surface area contributed by atoms with Crippen LogP contribution in [0.4, 0.5) is 4.79 Å². The molecule has 0 aliphatic carbocycles. The Balaban J connectivity index is 1.30. The first kappa shape index (κ1) is 25.4. The van der Waals surface area contributed by atoms with Crippen LogP contribution in [0.15, 0.2) is 48.0 Å². The number of carboxylic acids is 1. The van der Waals surface area contributed by atoms with Crippen molar-refractivity contribution in [3.8, 4) is 11.8 Å². The Bertz CT molecular complexity index is 1220. The number of benzene rings is 1. The Morgan fingerprint density at radius 2 is 2.09 bits per heavy atom. The fraction of sp³-hybridized carbons (Fsp3) is 0.320. The largest absolute Gasteiger partial charge is 0.477 e. The van der Waals surface area contributed by atoms with Crippen molar-refractivity contribution in [2.45, 2.75) is 25.4 Å². The minimum Gasteiger partial charge on any atom is -0.477 e. The number of aliphatic hydroxyl groups is 1. The van der Waals surface area contributed by atoms with E-state index in [1.807, 2.05) is 34.7 Å². The second-order valence-corrected chi connectivity index (χ2v) is 11.1. The summed E-state index contributed by atoms with van der Waals surface area (Å²) in [6.07, 6.45) is 2.83. The zero-order valence-corrected chi connectivity index (χ0v) is 21.4. The monoisotopic (exact) mass is 527 g/mol. The van der Waals surface area contributed by atoms with Crippen LogP contribution < -0.4 is 0 Å². The van der Waals surface area contributed by atoms with Gasteiger partial charge >= 0.3 is 5.97 Å². The molecular weight excluding hydrogens is 502 g/mol. The first-order valence-electron chi connectivity index (χ1n) is 11.2. The number of carboxylic acid groups (broad SMARTS) is 1. The Morgan fingerprint density at radius 3 is 2.86 bits per heavy atom. The second-order valence-electron chi connectivity index (χ2n) is 7.95. The van der Waals surface area contributed by atoms with E-state index in [4.69, 9.17) is 5.11 Å². The molecule has 0 bridgehead atoms. The summed E-state index contributed by atoms with van der Waals surface area (Å²) in [7, 11) is 0. The van der Waals surface area contributed by atoms with Crippen molar-refractivity contribution in [3.05, 3.63) is 73.9 Å². The summed E-state index contributed by atoms with van der Waals surface area (Å²) in [5.41, 5.74) is 1.90. The molecule has 7 nitrogen and oxygen atoms in total. The maximum Gasteiger partial charge on any atom is 0.345 e. The molecule has 1 aromatic carbocycles. The van der Waals surface area contributed by atoms with E-state index in [-0.39, 0.29) is 5.24 Å². The number of aromatic nitrogens is 1. The van der Waals surface area contributed by atoms with Gasteiger partial charge in [0.05, 0.1) is 6.10 Å². The maximum absolute atomic E-state index is 12.5. The van der Waals surface area contributed by atoms with E-state index in [9.17, 15) is 14.7 Å². The van der Waals surface area contributed by atoms with E-state index in [2.05, 4.69) is 16.8 Å². The van der Waals surface area contributed by atoms with Gasteiger partial charge < -0.3 is 10.2 Å². The van der Waals surface area contributed by atoms with Crippen LogP contribution in [-0.2, 0) is 12.8 Å². The van der Waals surface area contributed by atoms with Gasteiger partial charge in [-0.05, 0) is 48.6 Å². The summed E-state index contributed by atoms with van der Waals surface area (Å²) >= 11 is 4.03. The quantitative estimate of drug-likeness (QED) is 0.402. The number of carbonyl (C=O) groups is 2. The van der Waals surface area contributed by atoms with Crippen molar-refractivity contribution in [1.82, 2.24) is 15.0 Å². The van der Waals surface area contributed by atoms with E-state index in [1.54, 1.807) is 23.3 Å². The molecule has 10 heteroatoms. The molecule has 1 fully saturated rings. The third kappa shape index (κ3) is 7.40. The van der Waals surface area contributed by atoms with Gasteiger partial charge in [0, 0.05) is 53.8 Å². The van der Waals surface area contributed by atoms with Crippen LogP contribution in [0.25, 0.3) is 0 Å². The highest BCUT2D eigenvalue weighted by molar-refractivity contribution is 8.13. The van der Waals surface area contributed by atoms with Crippen LogP contribution in [0.2, 0.25) is 0 Å². The number of hydrogen-bond donors (Lipinski definition) is 2. The van der Waals surface area contributed by atoms with Crippen LogP contribution in [-0.4, -0.2) is 67.9 Å². The molecule has 0 unspecified atom stereocenters. The van der Waals surface area contributed by atoms with Gasteiger partial charge in [0.25, 0.3) is 5.24 Å². The molecule has 182 valence electrons. The number of thiophene rings is 1. The zero-order chi connectivity index (χ0) is 24.6. The van der Waals surface area contributed by atoms with Gasteiger partial charge in [-0.25, -0.2) is 14.8 Å². The normalized spacial score (nSPS) is 15.0. The van der Waals surface area contributed by atoms with Gasteiger partial charge in [0.2, 0.25) is 0 Å². The van der Waals surface area contributed by atoms with Crippen LogP contribution in [0, 0.1) is 11.8 Å². The predicted octanol–water partition coefficient (Wildman–Crippen LogP) is 4.22. The summed E-state index contributed by atoms with van der Waals surface area (Å²) < 4.78 is 0. The number of aromatic carboxylic acids is 1. The first-order valence-corrected chi connectivity index (χ1v) is 13.9. The lowest BCUT2D eigenvalue weighted by Gasteiger charge is -2.38. The van der Waals surface area contributed by atoms with E-state index in [1.165, 1.54) is 34.4 Å². The minimum absolute atomic E-state index is 0.00717. The van der Waals surface area contributed by atoms with Crippen molar-refractivity contribution < 1.29 is 19.8 Å². The lowest BCUT2D eigenvalue weighted by molar-refractivity contribution is 0.0148. The molecule has 1 saturated heterocycles. The molecule has 4 rings (SSSR count). The van der Waals surface area contributed by atoms with E-state index in [0.29, 0.717) is 43.0 Å². The molecule has 1 atom stereocenters. The number of rotatable bonds is 9. The second kappa shape index (κ2) is 12.3. The summed E-state index contributed by atoms with van der Waals surface area (Å²) in [5, 5.41) is 26.2. The lowest BCUT2D eigenvalue weighted by Crippen LogP contribution is -2.51. The molecule has 3 heterocycles. The molecular formula is C25H25N3O4S3. The number of carbonyl (C=O) groups excluding carboxylic acids is 1. The first-order chi connectivity index (χ1) is 17.0. The summed E-state index contributed by atoms with van der Waals surface area (Å²) in [5.74, 6) is 5.95. The number of hydrazine groups is 1. The van der Waals surface area contributed by atoms with Gasteiger partial charge in [-0.2, -0.15) is 0 Å². The van der Waals surface area contributed by atoms with Gasteiger partial charge in [-0.1, -0.05) is 29.8 Å². The van der Waals surface area contributed by atoms with Gasteiger partial charge in [0.15, 0.2) is 5.01 Å². The Kier molecular flexibility index (Phi) is 8.95. The van der Waals surface area contributed by atoms with Gasteiger partial charge in [-0.15, -0.1) is 22.7 Å². The molecule has 0 spiro atoms. The average Bonchev–Trinajstić information content (AvgIpc) is 3.53. The highest BCUT2D eigenvalue weighted by Crippen LogP contribution is 2.22. The number of nitrogens with zero attached hydrogens (tertiary/aromatic N) is 3. The molecule has 2 N–H and O–H groups in total. The smallest absolute Gasteiger partial charge is 0.345 e. The third-order valence-corrected chi connectivity index (χ3v) is 8.10. The fourth-order valence-corrected chi connectivity index (χ4v) is 5.87. The standard InChI is InChI=1S/C25H25N3O4S3/c29-20(17-19-3-1-2-18(16-19)4-7-23-26-10-14-33-23)8-11-27-13-15-34-25(32)28(27)12-9-21-5-6-22(35-21)24(30)31/h1-3,5-6,10,14,16,20,29H,8-9,11-13,15,17H2,(H,30,31)/t20-/m1/s1. The number of thiazole rings is 1. The van der Waals surface area contributed by atoms with Crippen molar-refractivity contribution in [2.75, 3.05) is 25.4 Å². The highest BCUT2D eigenvalue weighted by Gasteiger charge is 2.27. The molecule has 35 heavy (non-hydrogen) atoms. The number of thioether (sulfide) groups is 1. The molecule has 3 aromatic rings. The van der Waals surface area contributed by atoms with E-state index in [0.717, 1.165) is 27.6 Å². The van der Waals surface area contributed by atoms with Gasteiger partial charge in [0.1, 0.15) is 4.88 Å². The molecule has 2 aromatic heterocycles. The zero-order valence-electron chi connectivity index (χ0n) is 18.9. The molecule has 0 saturated carbocycles. The Labute approximate surface area is 216 Å². The predicted molar refractivity (Wildman–Crippen MR) is 140 cm³/mol. The van der Waals surface area contributed by atoms with Crippen molar-refractivity contribution in [1.29, 1.82) is 0 Å². The third-order valence-electron chi connectivity index (χ3n) is 5.43. The van der Waals surface area contributed by atoms with Gasteiger partial charge in [-0.3, -0.25) is 9.80 Å². The summed E-state index contributed by atoms with van der Waals surface area (Å²) in [6, 6.07) is 11.3. The van der Waals surface area contributed by atoms with Crippen LogP contribution in [0.5, 0.6) is 0 Å². The minimum atomic E-state index is -0.932. The van der Waals surface area contributed by atoms with Crippen LogP contribution >= 0.6 is 34.4 Å².